The minimum absolute atomic E-state index is 0.239. The van der Waals surface area contributed by atoms with Gasteiger partial charge in [-0.15, -0.1) is 0 Å². The van der Waals surface area contributed by atoms with Crippen LogP contribution >= 0.6 is 0 Å². The van der Waals surface area contributed by atoms with Crippen LogP contribution in [-0.4, -0.2) is 36.1 Å². The van der Waals surface area contributed by atoms with E-state index in [9.17, 15) is 14.4 Å². The monoisotopic (exact) mass is 353 g/mol. The molecule has 5 amide bonds. The molecule has 1 aliphatic heterocycles. The minimum atomic E-state index is -0.534. The normalized spacial score (nSPS) is 13.5. The Morgan fingerprint density at radius 1 is 0.962 bits per heavy atom. The molecule has 0 aliphatic carbocycles. The summed E-state index contributed by atoms with van der Waals surface area (Å²) >= 11 is 0. The van der Waals surface area contributed by atoms with E-state index in [1.54, 1.807) is 48.5 Å². The van der Waals surface area contributed by atoms with Gasteiger partial charge in [0, 0.05) is 30.0 Å². The first-order valence-electron chi connectivity index (χ1n) is 8.21. The van der Waals surface area contributed by atoms with Gasteiger partial charge in [-0.25, -0.2) is 20.0 Å². The van der Waals surface area contributed by atoms with Crippen molar-refractivity contribution in [3.05, 3.63) is 60.2 Å². The Morgan fingerprint density at radius 3 is 2.42 bits per heavy atom. The van der Waals surface area contributed by atoms with Crippen LogP contribution in [0.15, 0.2) is 54.6 Å². The molecule has 0 spiro atoms. The average Bonchev–Trinajstić information content (AvgIpc) is 2.64. The second kappa shape index (κ2) is 8.02. The number of hydrogen-bond donors (Lipinski definition) is 4. The third-order valence-corrected chi connectivity index (χ3v) is 3.73. The number of benzene rings is 2. The Bertz CT molecular complexity index is 809. The number of rotatable bonds is 4. The third kappa shape index (κ3) is 4.50. The van der Waals surface area contributed by atoms with Crippen LogP contribution in [-0.2, 0) is 0 Å². The molecule has 134 valence electrons. The highest BCUT2D eigenvalue weighted by atomic mass is 16.2. The van der Waals surface area contributed by atoms with E-state index in [-0.39, 0.29) is 11.9 Å². The van der Waals surface area contributed by atoms with Crippen LogP contribution < -0.4 is 21.4 Å². The van der Waals surface area contributed by atoms with E-state index in [4.69, 9.17) is 0 Å². The van der Waals surface area contributed by atoms with Crippen LogP contribution in [0.1, 0.15) is 16.8 Å². The van der Waals surface area contributed by atoms with E-state index < -0.39 is 6.03 Å². The smallest absolute Gasteiger partial charge is 0.336 e. The van der Waals surface area contributed by atoms with Crippen molar-refractivity contribution in [1.82, 2.24) is 15.8 Å². The molecule has 1 fully saturated rings. The van der Waals surface area contributed by atoms with Crippen molar-refractivity contribution in [2.75, 3.05) is 23.7 Å². The molecule has 1 aliphatic rings. The number of hydrogen-bond acceptors (Lipinski definition) is 3. The van der Waals surface area contributed by atoms with Crippen LogP contribution in [0.5, 0.6) is 0 Å². The summed E-state index contributed by atoms with van der Waals surface area (Å²) in [7, 11) is 0. The summed E-state index contributed by atoms with van der Waals surface area (Å²) in [5.74, 6) is -0.239. The Hall–Kier alpha value is -3.55. The van der Waals surface area contributed by atoms with Gasteiger partial charge in [0.15, 0.2) is 0 Å². The summed E-state index contributed by atoms with van der Waals surface area (Å²) in [6.07, 6.45) is 0.757. The van der Waals surface area contributed by atoms with Gasteiger partial charge >= 0.3 is 12.1 Å². The molecule has 1 saturated heterocycles. The summed E-state index contributed by atoms with van der Waals surface area (Å²) in [6, 6.07) is 14.7. The molecule has 8 heteroatoms. The molecule has 2 aromatic rings. The molecule has 1 heterocycles. The summed E-state index contributed by atoms with van der Waals surface area (Å²) in [6.45, 7) is 1.05. The fourth-order valence-electron chi connectivity index (χ4n) is 2.49. The Morgan fingerprint density at radius 2 is 1.69 bits per heavy atom. The Balaban J connectivity index is 1.59. The molecular weight excluding hydrogens is 334 g/mol. The summed E-state index contributed by atoms with van der Waals surface area (Å²) in [5.41, 5.74) is 4.07. The quantitative estimate of drug-likeness (QED) is 0.678. The highest BCUT2D eigenvalue weighted by Crippen LogP contribution is 2.16. The molecule has 8 nitrogen and oxygen atoms in total. The van der Waals surface area contributed by atoms with Crippen molar-refractivity contribution in [3.63, 3.8) is 0 Å². The maximum atomic E-state index is 12.2. The predicted molar refractivity (Wildman–Crippen MR) is 97.7 cm³/mol. The molecule has 0 unspecified atom stereocenters. The van der Waals surface area contributed by atoms with Crippen molar-refractivity contribution in [2.45, 2.75) is 6.42 Å². The Labute approximate surface area is 150 Å². The zero-order valence-electron chi connectivity index (χ0n) is 14.0. The summed E-state index contributed by atoms with van der Waals surface area (Å²) in [5, 5.41) is 9.28. The van der Waals surface area contributed by atoms with Gasteiger partial charge in [0.1, 0.15) is 0 Å². The van der Waals surface area contributed by atoms with E-state index in [1.165, 1.54) is 5.01 Å². The minimum Gasteiger partial charge on any atom is -0.336 e. The first-order valence-corrected chi connectivity index (χ1v) is 8.21. The topological polar surface area (TPSA) is 103 Å². The number of carbonyl (C=O) groups is 3. The van der Waals surface area contributed by atoms with Crippen LogP contribution in [0.3, 0.4) is 0 Å². The highest BCUT2D eigenvalue weighted by Gasteiger charge is 2.19. The van der Waals surface area contributed by atoms with Crippen molar-refractivity contribution < 1.29 is 14.4 Å². The number of nitrogens with one attached hydrogen (secondary N) is 4. The van der Waals surface area contributed by atoms with Gasteiger partial charge in [0.2, 0.25) is 0 Å². The van der Waals surface area contributed by atoms with E-state index >= 15 is 0 Å². The summed E-state index contributed by atoms with van der Waals surface area (Å²) < 4.78 is 0. The second-order valence-corrected chi connectivity index (χ2v) is 5.70. The molecular formula is C18H19N5O3. The lowest BCUT2D eigenvalue weighted by atomic mass is 10.2. The number of carbonyl (C=O) groups excluding carboxylic acids is 3. The fourth-order valence-corrected chi connectivity index (χ4v) is 2.49. The maximum absolute atomic E-state index is 12.2. The number of nitrogens with zero attached hydrogens (tertiary/aromatic N) is 1. The highest BCUT2D eigenvalue weighted by molar-refractivity contribution is 6.04. The lowest BCUT2D eigenvalue weighted by molar-refractivity contribution is 0.102. The summed E-state index contributed by atoms with van der Waals surface area (Å²) in [4.78, 5) is 35.9. The molecule has 4 N–H and O–H groups in total. The molecule has 0 radical (unpaired) electrons. The zero-order chi connectivity index (χ0) is 18.4. The van der Waals surface area contributed by atoms with Gasteiger partial charge in [-0.05, 0) is 36.8 Å². The second-order valence-electron chi connectivity index (χ2n) is 5.70. The molecule has 3 rings (SSSR count). The van der Waals surface area contributed by atoms with Gasteiger partial charge in [-0.2, -0.15) is 0 Å². The molecule has 2 aromatic carbocycles. The average molecular weight is 353 g/mol. The lowest BCUT2D eigenvalue weighted by Crippen LogP contribution is -2.55. The number of hydrazine groups is 1. The molecule has 0 aromatic heterocycles. The van der Waals surface area contributed by atoms with Crippen LogP contribution in [0.2, 0.25) is 0 Å². The fraction of sp³-hybridized carbons (Fsp3) is 0.167. The van der Waals surface area contributed by atoms with Gasteiger partial charge in [-0.3, -0.25) is 4.79 Å². The van der Waals surface area contributed by atoms with E-state index in [2.05, 4.69) is 21.4 Å². The number of amides is 5. The van der Waals surface area contributed by atoms with Gasteiger partial charge in [0.05, 0.1) is 0 Å². The van der Waals surface area contributed by atoms with Gasteiger partial charge in [-0.1, -0.05) is 24.3 Å². The van der Waals surface area contributed by atoms with Crippen molar-refractivity contribution in [3.8, 4) is 0 Å². The zero-order valence-corrected chi connectivity index (χ0v) is 14.0. The lowest BCUT2D eigenvalue weighted by Gasteiger charge is -2.27. The standard InChI is InChI=1S/C18H19N5O3/c24-16(13-6-2-1-3-7-13)20-14-8-4-9-15(12-14)21-17(25)22-23-11-5-10-19-18(23)26/h1-4,6-9,12H,5,10-11H2,(H,19,26)(H,20,24)(H2,21,22,25). The first kappa shape index (κ1) is 17.3. The molecule has 0 saturated carbocycles. The maximum Gasteiger partial charge on any atom is 0.338 e. The first-order chi connectivity index (χ1) is 12.6. The molecule has 0 bridgehead atoms. The predicted octanol–water partition coefficient (Wildman–Crippen LogP) is 2.39. The van der Waals surface area contributed by atoms with Gasteiger partial charge in [0.25, 0.3) is 5.91 Å². The SMILES string of the molecule is O=C(Nc1cccc(NC(=O)c2ccccc2)c1)NN1CCCNC1=O. The van der Waals surface area contributed by atoms with Crippen LogP contribution in [0.4, 0.5) is 21.0 Å². The van der Waals surface area contributed by atoms with E-state index in [1.807, 2.05) is 6.07 Å². The largest absolute Gasteiger partial charge is 0.338 e. The molecule has 0 atom stereocenters. The van der Waals surface area contributed by atoms with Crippen molar-refractivity contribution in [2.24, 2.45) is 0 Å². The number of urea groups is 2. The van der Waals surface area contributed by atoms with E-state index in [0.717, 1.165) is 6.42 Å². The van der Waals surface area contributed by atoms with E-state index in [0.29, 0.717) is 30.0 Å². The van der Waals surface area contributed by atoms with Gasteiger partial charge < -0.3 is 16.0 Å². The molecule has 26 heavy (non-hydrogen) atoms. The third-order valence-electron chi connectivity index (χ3n) is 3.73. The number of anilines is 2. The van der Waals surface area contributed by atoms with Crippen LogP contribution in [0, 0.1) is 0 Å². The van der Waals surface area contributed by atoms with Crippen LogP contribution in [0.25, 0.3) is 0 Å². The van der Waals surface area contributed by atoms with Crippen molar-refractivity contribution in [1.29, 1.82) is 0 Å². The Kier molecular flexibility index (Phi) is 5.33. The van der Waals surface area contributed by atoms with Crippen molar-refractivity contribution >= 4 is 29.3 Å².